The van der Waals surface area contributed by atoms with Crippen molar-refractivity contribution in [1.29, 1.82) is 0 Å². The zero-order valence-corrected chi connectivity index (χ0v) is 16.8. The number of hydrogen-bond donors (Lipinski definition) is 1. The van der Waals surface area contributed by atoms with Crippen LogP contribution in [-0.4, -0.2) is 35.4 Å². The van der Waals surface area contributed by atoms with Crippen LogP contribution >= 0.6 is 11.3 Å². The van der Waals surface area contributed by atoms with Crippen LogP contribution in [0.25, 0.3) is 10.6 Å². The molecule has 1 aromatic heterocycles. The molecule has 5 heteroatoms. The number of nitrogens with zero attached hydrogens (tertiary/aromatic N) is 2. The van der Waals surface area contributed by atoms with E-state index >= 15 is 0 Å². The monoisotopic (exact) mass is 391 g/mol. The largest absolute Gasteiger partial charge is 0.356 e. The molecular weight excluding hydrogens is 366 g/mol. The average Bonchev–Trinajstić information content (AvgIpc) is 3.20. The lowest BCUT2D eigenvalue weighted by Gasteiger charge is -2.28. The van der Waals surface area contributed by atoms with Crippen molar-refractivity contribution in [2.45, 2.75) is 25.8 Å². The SMILES string of the molecule is O=C(Cc1csc(-c2ccccc2)n1)NCCCN1CCc2ccccc2C1. The molecule has 0 bridgehead atoms. The maximum Gasteiger partial charge on any atom is 0.226 e. The van der Waals surface area contributed by atoms with E-state index in [1.165, 1.54) is 11.1 Å². The van der Waals surface area contributed by atoms with Crippen molar-refractivity contribution in [3.63, 3.8) is 0 Å². The molecule has 28 heavy (non-hydrogen) atoms. The quantitative estimate of drug-likeness (QED) is 0.621. The second-order valence-corrected chi connectivity index (χ2v) is 8.04. The van der Waals surface area contributed by atoms with Gasteiger partial charge < -0.3 is 5.32 Å². The van der Waals surface area contributed by atoms with Gasteiger partial charge in [-0.25, -0.2) is 4.98 Å². The summed E-state index contributed by atoms with van der Waals surface area (Å²) in [7, 11) is 0. The van der Waals surface area contributed by atoms with E-state index in [1.807, 2.05) is 35.7 Å². The summed E-state index contributed by atoms with van der Waals surface area (Å²) >= 11 is 1.59. The number of carbonyl (C=O) groups excluding carboxylic acids is 1. The molecule has 0 atom stereocenters. The van der Waals surface area contributed by atoms with E-state index in [9.17, 15) is 4.79 Å². The van der Waals surface area contributed by atoms with E-state index in [-0.39, 0.29) is 5.91 Å². The van der Waals surface area contributed by atoms with Gasteiger partial charge in [-0.2, -0.15) is 0 Å². The van der Waals surface area contributed by atoms with Gasteiger partial charge in [0.05, 0.1) is 12.1 Å². The number of thiazole rings is 1. The molecule has 1 N–H and O–H groups in total. The Morgan fingerprint density at radius 2 is 1.86 bits per heavy atom. The lowest BCUT2D eigenvalue weighted by Crippen LogP contribution is -2.34. The van der Waals surface area contributed by atoms with Crippen molar-refractivity contribution in [3.8, 4) is 10.6 Å². The highest BCUT2D eigenvalue weighted by molar-refractivity contribution is 7.13. The molecule has 0 saturated carbocycles. The third-order valence-electron chi connectivity index (χ3n) is 5.10. The minimum absolute atomic E-state index is 0.0499. The normalized spacial score (nSPS) is 13.9. The van der Waals surface area contributed by atoms with Crippen molar-refractivity contribution in [1.82, 2.24) is 15.2 Å². The van der Waals surface area contributed by atoms with Gasteiger partial charge in [0, 0.05) is 37.1 Å². The van der Waals surface area contributed by atoms with Crippen molar-refractivity contribution in [3.05, 3.63) is 76.8 Å². The van der Waals surface area contributed by atoms with Crippen molar-refractivity contribution in [2.24, 2.45) is 0 Å². The zero-order valence-electron chi connectivity index (χ0n) is 15.9. The molecule has 2 heterocycles. The number of aromatic nitrogens is 1. The second kappa shape index (κ2) is 9.13. The smallest absolute Gasteiger partial charge is 0.226 e. The van der Waals surface area contributed by atoms with Crippen LogP contribution in [0.5, 0.6) is 0 Å². The molecule has 1 aliphatic rings. The lowest BCUT2D eigenvalue weighted by molar-refractivity contribution is -0.120. The summed E-state index contributed by atoms with van der Waals surface area (Å²) in [4.78, 5) is 19.3. The number of hydrogen-bond acceptors (Lipinski definition) is 4. The standard InChI is InChI=1S/C23H25N3OS/c27-22(15-21-17-28-23(25-21)19-8-2-1-3-9-19)24-12-6-13-26-14-11-18-7-4-5-10-20(18)16-26/h1-5,7-10,17H,6,11-16H2,(H,24,27). The first-order valence-corrected chi connectivity index (χ1v) is 10.7. The number of fused-ring (bicyclic) bond motifs is 1. The summed E-state index contributed by atoms with van der Waals surface area (Å²) in [5.74, 6) is 0.0499. The topological polar surface area (TPSA) is 45.2 Å². The summed E-state index contributed by atoms with van der Waals surface area (Å²) in [6.07, 6.45) is 2.44. The van der Waals surface area contributed by atoms with Crippen LogP contribution < -0.4 is 5.32 Å². The molecular formula is C23H25N3OS. The van der Waals surface area contributed by atoms with E-state index < -0.39 is 0 Å². The lowest BCUT2D eigenvalue weighted by atomic mass is 10.00. The van der Waals surface area contributed by atoms with Crippen LogP contribution in [-0.2, 0) is 24.2 Å². The van der Waals surface area contributed by atoms with E-state index in [2.05, 4.69) is 39.5 Å². The van der Waals surface area contributed by atoms with E-state index in [4.69, 9.17) is 0 Å². The molecule has 3 aromatic rings. The third kappa shape index (κ3) is 4.86. The van der Waals surface area contributed by atoms with Crippen molar-refractivity contribution in [2.75, 3.05) is 19.6 Å². The molecule has 0 unspecified atom stereocenters. The Morgan fingerprint density at radius 1 is 1.07 bits per heavy atom. The molecule has 2 aromatic carbocycles. The summed E-state index contributed by atoms with van der Waals surface area (Å²) in [5, 5.41) is 5.98. The summed E-state index contributed by atoms with van der Waals surface area (Å²) in [6, 6.07) is 18.8. The van der Waals surface area contributed by atoms with Crippen molar-refractivity contribution < 1.29 is 4.79 Å². The Kier molecular flexibility index (Phi) is 6.14. The fraction of sp³-hybridized carbons (Fsp3) is 0.304. The fourth-order valence-electron chi connectivity index (χ4n) is 3.60. The minimum Gasteiger partial charge on any atom is -0.356 e. The van der Waals surface area contributed by atoms with Gasteiger partial charge in [0.15, 0.2) is 0 Å². The van der Waals surface area contributed by atoms with Gasteiger partial charge in [0.2, 0.25) is 5.91 Å². The molecule has 0 aliphatic carbocycles. The molecule has 0 radical (unpaired) electrons. The minimum atomic E-state index is 0.0499. The van der Waals surface area contributed by atoms with Gasteiger partial charge in [-0.1, -0.05) is 54.6 Å². The molecule has 1 aliphatic heterocycles. The molecule has 0 fully saturated rings. The molecule has 0 saturated heterocycles. The zero-order chi connectivity index (χ0) is 19.2. The Bertz CT molecular complexity index is 922. The number of amides is 1. The van der Waals surface area contributed by atoms with Gasteiger partial charge in [0.1, 0.15) is 5.01 Å². The maximum absolute atomic E-state index is 12.2. The van der Waals surface area contributed by atoms with Gasteiger partial charge >= 0.3 is 0 Å². The van der Waals surface area contributed by atoms with Gasteiger partial charge in [-0.05, 0) is 24.0 Å². The number of benzene rings is 2. The first kappa shape index (κ1) is 18.8. The molecule has 0 spiro atoms. The third-order valence-corrected chi connectivity index (χ3v) is 6.04. The Hall–Kier alpha value is -2.50. The van der Waals surface area contributed by atoms with E-state index in [0.717, 1.165) is 48.7 Å². The Labute approximate surface area is 170 Å². The van der Waals surface area contributed by atoms with Crippen LogP contribution in [0.15, 0.2) is 60.0 Å². The Morgan fingerprint density at radius 3 is 2.71 bits per heavy atom. The summed E-state index contributed by atoms with van der Waals surface area (Å²) < 4.78 is 0. The van der Waals surface area contributed by atoms with Crippen LogP contribution in [0.1, 0.15) is 23.2 Å². The maximum atomic E-state index is 12.2. The van der Waals surface area contributed by atoms with E-state index in [1.54, 1.807) is 11.3 Å². The highest BCUT2D eigenvalue weighted by Gasteiger charge is 2.15. The van der Waals surface area contributed by atoms with Crippen LogP contribution in [0.2, 0.25) is 0 Å². The number of nitrogens with one attached hydrogen (secondary N) is 1. The predicted octanol–water partition coefficient (Wildman–Crippen LogP) is 3.92. The Balaban J connectivity index is 1.18. The van der Waals surface area contributed by atoms with Crippen LogP contribution in [0, 0.1) is 0 Å². The number of rotatable bonds is 7. The first-order valence-electron chi connectivity index (χ1n) is 9.83. The summed E-state index contributed by atoms with van der Waals surface area (Å²) in [6.45, 7) is 3.85. The first-order chi connectivity index (χ1) is 13.8. The van der Waals surface area contributed by atoms with Crippen LogP contribution in [0.3, 0.4) is 0 Å². The van der Waals surface area contributed by atoms with Crippen LogP contribution in [0.4, 0.5) is 0 Å². The molecule has 1 amide bonds. The van der Waals surface area contributed by atoms with Gasteiger partial charge in [-0.15, -0.1) is 11.3 Å². The molecule has 4 rings (SSSR count). The number of carbonyl (C=O) groups is 1. The highest BCUT2D eigenvalue weighted by Crippen LogP contribution is 2.23. The second-order valence-electron chi connectivity index (χ2n) is 7.19. The van der Waals surface area contributed by atoms with E-state index in [0.29, 0.717) is 13.0 Å². The highest BCUT2D eigenvalue weighted by atomic mass is 32.1. The van der Waals surface area contributed by atoms with Crippen molar-refractivity contribution >= 4 is 17.2 Å². The average molecular weight is 392 g/mol. The molecule has 4 nitrogen and oxygen atoms in total. The summed E-state index contributed by atoms with van der Waals surface area (Å²) in [5.41, 5.74) is 4.86. The van der Waals surface area contributed by atoms with Gasteiger partial charge in [-0.3, -0.25) is 9.69 Å². The predicted molar refractivity (Wildman–Crippen MR) is 114 cm³/mol. The fourth-order valence-corrected chi connectivity index (χ4v) is 4.43. The van der Waals surface area contributed by atoms with Gasteiger partial charge in [0.25, 0.3) is 0 Å². The molecule has 144 valence electrons.